The van der Waals surface area contributed by atoms with E-state index in [1.807, 2.05) is 0 Å². The molecule has 0 fully saturated rings. The lowest BCUT2D eigenvalue weighted by molar-refractivity contribution is -0.149. The molecule has 3 aromatic carbocycles. The van der Waals surface area contributed by atoms with Crippen molar-refractivity contribution >= 4 is 23.6 Å². The molecule has 0 spiro atoms. The SMILES string of the molecule is COc1cccc(NC(=O)[C@H](OC(=O)/C=C/c2ccc(F)cc2)c2ccccc2)c1. The molecular formula is C24H20FNO4. The van der Waals surface area contributed by atoms with Gasteiger partial charge in [-0.25, -0.2) is 9.18 Å². The highest BCUT2D eigenvalue weighted by atomic mass is 19.1. The number of hydrogen-bond acceptors (Lipinski definition) is 4. The van der Waals surface area contributed by atoms with Crippen molar-refractivity contribution in [2.75, 3.05) is 12.4 Å². The molecule has 0 aliphatic rings. The zero-order valence-electron chi connectivity index (χ0n) is 16.2. The monoisotopic (exact) mass is 405 g/mol. The van der Waals surface area contributed by atoms with E-state index in [9.17, 15) is 14.0 Å². The summed E-state index contributed by atoms with van der Waals surface area (Å²) >= 11 is 0. The van der Waals surface area contributed by atoms with Gasteiger partial charge in [-0.3, -0.25) is 4.79 Å². The summed E-state index contributed by atoms with van der Waals surface area (Å²) in [6.45, 7) is 0. The molecule has 1 amide bonds. The van der Waals surface area contributed by atoms with E-state index in [0.717, 1.165) is 0 Å². The number of carbonyl (C=O) groups excluding carboxylic acids is 2. The largest absolute Gasteiger partial charge is 0.497 e. The molecule has 0 heterocycles. The average molecular weight is 405 g/mol. The minimum Gasteiger partial charge on any atom is -0.497 e. The number of ether oxygens (including phenoxy) is 2. The first-order valence-corrected chi connectivity index (χ1v) is 9.19. The highest BCUT2D eigenvalue weighted by Gasteiger charge is 2.24. The van der Waals surface area contributed by atoms with Gasteiger partial charge in [0.15, 0.2) is 0 Å². The molecule has 1 atom stereocenters. The molecule has 0 saturated heterocycles. The van der Waals surface area contributed by atoms with Crippen LogP contribution in [0.15, 0.2) is 84.9 Å². The number of benzene rings is 3. The average Bonchev–Trinajstić information content (AvgIpc) is 2.77. The molecule has 1 N–H and O–H groups in total. The summed E-state index contributed by atoms with van der Waals surface area (Å²) in [6, 6.07) is 21.2. The zero-order valence-corrected chi connectivity index (χ0v) is 16.2. The molecule has 0 unspecified atom stereocenters. The van der Waals surface area contributed by atoms with Gasteiger partial charge in [0.05, 0.1) is 7.11 Å². The molecule has 5 nitrogen and oxygen atoms in total. The molecule has 3 rings (SSSR count). The summed E-state index contributed by atoms with van der Waals surface area (Å²) in [6.07, 6.45) is 1.54. The van der Waals surface area contributed by atoms with Crippen molar-refractivity contribution in [1.29, 1.82) is 0 Å². The fourth-order valence-corrected chi connectivity index (χ4v) is 2.70. The van der Waals surface area contributed by atoms with Crippen molar-refractivity contribution in [3.8, 4) is 5.75 Å². The van der Waals surface area contributed by atoms with Gasteiger partial charge >= 0.3 is 5.97 Å². The molecule has 0 aliphatic heterocycles. The van der Waals surface area contributed by atoms with Gasteiger partial charge in [-0.1, -0.05) is 48.5 Å². The van der Waals surface area contributed by atoms with Crippen LogP contribution < -0.4 is 10.1 Å². The van der Waals surface area contributed by atoms with Gasteiger partial charge < -0.3 is 14.8 Å². The van der Waals surface area contributed by atoms with Crippen LogP contribution in [0.1, 0.15) is 17.2 Å². The van der Waals surface area contributed by atoms with Gasteiger partial charge in [0, 0.05) is 23.4 Å². The fraction of sp³-hybridized carbons (Fsp3) is 0.0833. The lowest BCUT2D eigenvalue weighted by Crippen LogP contribution is -2.25. The van der Waals surface area contributed by atoms with Crippen molar-refractivity contribution < 1.29 is 23.5 Å². The lowest BCUT2D eigenvalue weighted by atomic mass is 10.1. The third-order valence-electron chi connectivity index (χ3n) is 4.19. The summed E-state index contributed by atoms with van der Waals surface area (Å²) in [5.41, 5.74) is 1.67. The van der Waals surface area contributed by atoms with E-state index >= 15 is 0 Å². The van der Waals surface area contributed by atoms with Crippen LogP contribution in [0.3, 0.4) is 0 Å². The van der Waals surface area contributed by atoms with Crippen molar-refractivity contribution in [3.05, 3.63) is 102 Å². The molecule has 0 saturated carbocycles. The van der Waals surface area contributed by atoms with Crippen LogP contribution in [0.25, 0.3) is 6.08 Å². The Balaban J connectivity index is 1.76. The van der Waals surface area contributed by atoms with Gasteiger partial charge in [-0.15, -0.1) is 0 Å². The Morgan fingerprint density at radius 2 is 1.70 bits per heavy atom. The first kappa shape index (κ1) is 20.8. The third kappa shape index (κ3) is 5.78. The number of esters is 1. The number of amides is 1. The van der Waals surface area contributed by atoms with Crippen LogP contribution >= 0.6 is 0 Å². The number of nitrogens with one attached hydrogen (secondary N) is 1. The maximum absolute atomic E-state index is 13.0. The smallest absolute Gasteiger partial charge is 0.331 e. The summed E-state index contributed by atoms with van der Waals surface area (Å²) in [7, 11) is 1.53. The van der Waals surface area contributed by atoms with Crippen molar-refractivity contribution in [2.45, 2.75) is 6.10 Å². The Bertz CT molecular complexity index is 1030. The van der Waals surface area contributed by atoms with E-state index in [1.165, 1.54) is 43.5 Å². The van der Waals surface area contributed by atoms with Gasteiger partial charge in [-0.05, 0) is 35.9 Å². The number of methoxy groups -OCH3 is 1. The molecule has 0 bridgehead atoms. The van der Waals surface area contributed by atoms with Crippen LogP contribution in [-0.2, 0) is 14.3 Å². The number of rotatable bonds is 7. The van der Waals surface area contributed by atoms with E-state index in [4.69, 9.17) is 9.47 Å². The molecule has 3 aromatic rings. The fourth-order valence-electron chi connectivity index (χ4n) is 2.70. The number of carbonyl (C=O) groups is 2. The summed E-state index contributed by atoms with van der Waals surface area (Å²) in [4.78, 5) is 25.2. The van der Waals surface area contributed by atoms with E-state index in [1.54, 1.807) is 54.6 Å². The second-order valence-corrected chi connectivity index (χ2v) is 6.33. The minimum absolute atomic E-state index is 0.368. The summed E-state index contributed by atoms with van der Waals surface area (Å²) in [5.74, 6) is -0.983. The van der Waals surface area contributed by atoms with Gasteiger partial charge in [0.2, 0.25) is 6.10 Å². The highest BCUT2D eigenvalue weighted by Crippen LogP contribution is 2.22. The zero-order chi connectivity index (χ0) is 21.3. The first-order chi connectivity index (χ1) is 14.5. The van der Waals surface area contributed by atoms with Gasteiger partial charge in [-0.2, -0.15) is 0 Å². The Kier molecular flexibility index (Phi) is 6.95. The predicted octanol–water partition coefficient (Wildman–Crippen LogP) is 4.77. The van der Waals surface area contributed by atoms with Crippen LogP contribution in [0.2, 0.25) is 0 Å². The Morgan fingerprint density at radius 1 is 0.967 bits per heavy atom. The molecule has 152 valence electrons. The minimum atomic E-state index is -1.15. The Hall–Kier alpha value is -3.93. The van der Waals surface area contributed by atoms with E-state index < -0.39 is 18.0 Å². The van der Waals surface area contributed by atoms with Gasteiger partial charge in [0.25, 0.3) is 5.91 Å². The molecule has 6 heteroatoms. The number of anilines is 1. The van der Waals surface area contributed by atoms with Crippen molar-refractivity contribution in [2.24, 2.45) is 0 Å². The maximum atomic E-state index is 13.0. The van der Waals surface area contributed by atoms with E-state index in [0.29, 0.717) is 22.6 Å². The molecule has 0 radical (unpaired) electrons. The van der Waals surface area contributed by atoms with Gasteiger partial charge in [0.1, 0.15) is 11.6 Å². The van der Waals surface area contributed by atoms with Crippen molar-refractivity contribution in [3.63, 3.8) is 0 Å². The molecular weight excluding hydrogens is 385 g/mol. The first-order valence-electron chi connectivity index (χ1n) is 9.19. The van der Waals surface area contributed by atoms with Crippen LogP contribution in [0.5, 0.6) is 5.75 Å². The lowest BCUT2D eigenvalue weighted by Gasteiger charge is -2.17. The molecule has 30 heavy (non-hydrogen) atoms. The standard InChI is InChI=1S/C24H20FNO4/c1-29-21-9-5-8-20(16-21)26-24(28)23(18-6-3-2-4-7-18)30-22(27)15-12-17-10-13-19(25)14-11-17/h2-16,23H,1H3,(H,26,28)/b15-12+/t23-/m1/s1. The van der Waals surface area contributed by atoms with E-state index in [-0.39, 0.29) is 5.82 Å². The number of hydrogen-bond donors (Lipinski definition) is 1. The second-order valence-electron chi connectivity index (χ2n) is 6.33. The van der Waals surface area contributed by atoms with Crippen LogP contribution in [0.4, 0.5) is 10.1 Å². The normalized spacial score (nSPS) is 11.7. The highest BCUT2D eigenvalue weighted by molar-refractivity contribution is 5.97. The van der Waals surface area contributed by atoms with Crippen LogP contribution in [-0.4, -0.2) is 19.0 Å². The summed E-state index contributed by atoms with van der Waals surface area (Å²) in [5, 5.41) is 2.74. The Morgan fingerprint density at radius 3 is 2.40 bits per heavy atom. The second kappa shape index (κ2) is 10.0. The molecule has 0 aromatic heterocycles. The van der Waals surface area contributed by atoms with Crippen molar-refractivity contribution in [1.82, 2.24) is 0 Å². The van der Waals surface area contributed by atoms with Crippen LogP contribution in [0, 0.1) is 5.82 Å². The van der Waals surface area contributed by atoms with E-state index in [2.05, 4.69) is 5.32 Å². The maximum Gasteiger partial charge on any atom is 0.331 e. The third-order valence-corrected chi connectivity index (χ3v) is 4.19. The molecule has 0 aliphatic carbocycles. The quantitative estimate of drug-likeness (QED) is 0.454. The summed E-state index contributed by atoms with van der Waals surface area (Å²) < 4.78 is 23.6. The predicted molar refractivity (Wildman–Crippen MR) is 112 cm³/mol. The Labute approximate surface area is 173 Å². The number of halogens is 1. The topological polar surface area (TPSA) is 64.6 Å².